The van der Waals surface area contributed by atoms with Crippen molar-refractivity contribution in [3.8, 4) is 0 Å². The first-order chi connectivity index (χ1) is 10.0. The molecule has 0 fully saturated rings. The van der Waals surface area contributed by atoms with E-state index in [0.717, 1.165) is 28.2 Å². The molecule has 2 aromatic rings. The van der Waals surface area contributed by atoms with E-state index in [4.69, 9.17) is 0 Å². The average molecular weight is 433 g/mol. The van der Waals surface area contributed by atoms with Gasteiger partial charge in [0.25, 0.3) is 10.0 Å². The van der Waals surface area contributed by atoms with Gasteiger partial charge in [-0.05, 0) is 48.7 Å². The Hall–Kier alpha value is -0.850. The lowest BCUT2D eigenvalue weighted by atomic mass is 10.1. The molecule has 0 unspecified atom stereocenters. The molecule has 0 heterocycles. The molecule has 2 aromatic carbocycles. The van der Waals surface area contributed by atoms with Crippen LogP contribution in [0.25, 0.3) is 0 Å². The molecule has 0 aromatic heterocycles. The highest BCUT2D eigenvalue weighted by atomic mass is 79.9. The third-order valence-electron chi connectivity index (χ3n) is 2.88. The first-order valence-electron chi connectivity index (χ1n) is 6.44. The molecule has 0 aliphatic rings. The van der Waals surface area contributed by atoms with Gasteiger partial charge in [-0.3, -0.25) is 4.72 Å². The van der Waals surface area contributed by atoms with Gasteiger partial charge in [-0.2, -0.15) is 0 Å². The molecule has 0 spiro atoms. The van der Waals surface area contributed by atoms with Gasteiger partial charge < -0.3 is 0 Å². The molecule has 112 valence electrons. The minimum atomic E-state index is -3.56. The average Bonchev–Trinajstić information content (AvgIpc) is 2.45. The summed E-state index contributed by atoms with van der Waals surface area (Å²) in [4.78, 5) is 0.239. The SMILES string of the molecule is O=S(=O)(Nc1cccc(CCCBr)c1)c1cccc(Br)c1. The van der Waals surface area contributed by atoms with E-state index in [9.17, 15) is 8.42 Å². The number of anilines is 1. The second-order valence-electron chi connectivity index (χ2n) is 4.56. The molecular weight excluding hydrogens is 418 g/mol. The van der Waals surface area contributed by atoms with Crippen LogP contribution in [0, 0.1) is 0 Å². The zero-order valence-corrected chi connectivity index (χ0v) is 15.2. The van der Waals surface area contributed by atoms with Crippen LogP contribution in [0.5, 0.6) is 0 Å². The van der Waals surface area contributed by atoms with E-state index < -0.39 is 10.0 Å². The van der Waals surface area contributed by atoms with Crippen LogP contribution in [-0.4, -0.2) is 13.7 Å². The fourth-order valence-corrected chi connectivity index (χ4v) is 3.84. The van der Waals surface area contributed by atoms with Crippen molar-refractivity contribution >= 4 is 47.6 Å². The predicted molar refractivity (Wildman–Crippen MR) is 93.5 cm³/mol. The molecule has 0 aliphatic carbocycles. The Balaban J connectivity index is 2.20. The summed E-state index contributed by atoms with van der Waals surface area (Å²) in [5.41, 5.74) is 1.70. The van der Waals surface area contributed by atoms with Crippen LogP contribution in [0.2, 0.25) is 0 Å². The Morgan fingerprint density at radius 2 is 1.81 bits per heavy atom. The summed E-state index contributed by atoms with van der Waals surface area (Å²) in [7, 11) is -3.56. The third-order valence-corrected chi connectivity index (χ3v) is 5.32. The summed E-state index contributed by atoms with van der Waals surface area (Å²) in [6.07, 6.45) is 1.93. The summed E-state index contributed by atoms with van der Waals surface area (Å²) >= 11 is 6.68. The van der Waals surface area contributed by atoms with Gasteiger partial charge >= 0.3 is 0 Å². The van der Waals surface area contributed by atoms with Gasteiger partial charge in [0.15, 0.2) is 0 Å². The predicted octanol–water partition coefficient (Wildman–Crippen LogP) is 4.58. The summed E-state index contributed by atoms with van der Waals surface area (Å²) < 4.78 is 28.0. The molecule has 0 amide bonds. The number of nitrogens with one attached hydrogen (secondary N) is 1. The van der Waals surface area contributed by atoms with E-state index in [2.05, 4.69) is 36.6 Å². The quantitative estimate of drug-likeness (QED) is 0.679. The smallest absolute Gasteiger partial charge is 0.261 e. The zero-order valence-electron chi connectivity index (χ0n) is 11.2. The van der Waals surface area contributed by atoms with Crippen LogP contribution in [0.15, 0.2) is 57.9 Å². The van der Waals surface area contributed by atoms with Crippen molar-refractivity contribution < 1.29 is 8.42 Å². The Labute approximate surface area is 142 Å². The molecule has 21 heavy (non-hydrogen) atoms. The van der Waals surface area contributed by atoms with Crippen molar-refractivity contribution in [3.05, 3.63) is 58.6 Å². The van der Waals surface area contributed by atoms with Crippen LogP contribution in [0.4, 0.5) is 5.69 Å². The van der Waals surface area contributed by atoms with Gasteiger partial charge in [0.1, 0.15) is 0 Å². The first-order valence-corrected chi connectivity index (χ1v) is 9.84. The highest BCUT2D eigenvalue weighted by molar-refractivity contribution is 9.10. The highest BCUT2D eigenvalue weighted by Gasteiger charge is 2.14. The van der Waals surface area contributed by atoms with Gasteiger partial charge in [0.2, 0.25) is 0 Å². The number of hydrogen-bond donors (Lipinski definition) is 1. The lowest BCUT2D eigenvalue weighted by Gasteiger charge is -2.10. The van der Waals surface area contributed by atoms with Crippen LogP contribution in [-0.2, 0) is 16.4 Å². The summed E-state index contributed by atoms with van der Waals surface area (Å²) in [5, 5.41) is 0.932. The number of rotatable bonds is 6. The van der Waals surface area contributed by atoms with Gasteiger partial charge in [-0.15, -0.1) is 0 Å². The lowest BCUT2D eigenvalue weighted by Crippen LogP contribution is -2.13. The summed E-state index contributed by atoms with van der Waals surface area (Å²) in [6.45, 7) is 0. The second kappa shape index (κ2) is 7.42. The number of aryl methyl sites for hydroxylation is 1. The van der Waals surface area contributed by atoms with E-state index in [0.29, 0.717) is 5.69 Å². The lowest BCUT2D eigenvalue weighted by molar-refractivity contribution is 0.601. The molecule has 6 heteroatoms. The van der Waals surface area contributed by atoms with Gasteiger partial charge in [0.05, 0.1) is 4.90 Å². The van der Waals surface area contributed by atoms with Crippen LogP contribution < -0.4 is 4.72 Å². The van der Waals surface area contributed by atoms with Crippen LogP contribution >= 0.6 is 31.9 Å². The maximum Gasteiger partial charge on any atom is 0.261 e. The number of sulfonamides is 1. The fraction of sp³-hybridized carbons (Fsp3) is 0.200. The van der Waals surface area contributed by atoms with E-state index in [1.165, 1.54) is 0 Å². The van der Waals surface area contributed by atoms with Gasteiger partial charge in [-0.1, -0.05) is 50.1 Å². The van der Waals surface area contributed by atoms with E-state index >= 15 is 0 Å². The second-order valence-corrected chi connectivity index (χ2v) is 7.95. The van der Waals surface area contributed by atoms with Crippen LogP contribution in [0.3, 0.4) is 0 Å². The topological polar surface area (TPSA) is 46.2 Å². The fourth-order valence-electron chi connectivity index (χ4n) is 1.91. The molecule has 0 aliphatic heterocycles. The molecule has 1 N–H and O–H groups in total. The number of halogens is 2. The number of hydrogen-bond acceptors (Lipinski definition) is 2. The number of benzene rings is 2. The van der Waals surface area contributed by atoms with Crippen molar-refractivity contribution in [1.82, 2.24) is 0 Å². The van der Waals surface area contributed by atoms with Gasteiger partial charge in [-0.25, -0.2) is 8.42 Å². The molecule has 0 saturated heterocycles. The molecule has 0 bridgehead atoms. The Kier molecular flexibility index (Phi) is 5.84. The van der Waals surface area contributed by atoms with E-state index in [1.807, 2.05) is 18.2 Å². The van der Waals surface area contributed by atoms with Crippen molar-refractivity contribution in [2.75, 3.05) is 10.1 Å². The Bertz CT molecular complexity index is 717. The standard InChI is InChI=1S/C15H15Br2NO2S/c16-9-3-5-12-4-1-7-14(10-12)18-21(19,20)15-8-2-6-13(17)11-15/h1-2,4,6-8,10-11,18H,3,5,9H2. The van der Waals surface area contributed by atoms with Crippen LogP contribution in [0.1, 0.15) is 12.0 Å². The Morgan fingerprint density at radius 1 is 1.05 bits per heavy atom. The van der Waals surface area contributed by atoms with Crippen molar-refractivity contribution in [2.24, 2.45) is 0 Å². The van der Waals surface area contributed by atoms with Crippen molar-refractivity contribution in [1.29, 1.82) is 0 Å². The molecule has 3 nitrogen and oxygen atoms in total. The molecule has 0 atom stereocenters. The summed E-state index contributed by atoms with van der Waals surface area (Å²) in [6, 6.07) is 14.1. The Morgan fingerprint density at radius 3 is 2.52 bits per heavy atom. The molecule has 0 saturated carbocycles. The minimum Gasteiger partial charge on any atom is -0.280 e. The molecule has 0 radical (unpaired) electrons. The maximum absolute atomic E-state index is 12.3. The minimum absolute atomic E-state index is 0.239. The monoisotopic (exact) mass is 431 g/mol. The summed E-state index contributed by atoms with van der Waals surface area (Å²) in [5.74, 6) is 0. The number of alkyl halides is 1. The largest absolute Gasteiger partial charge is 0.280 e. The van der Waals surface area contributed by atoms with Gasteiger partial charge in [0, 0.05) is 15.5 Å². The van der Waals surface area contributed by atoms with Crippen molar-refractivity contribution in [3.63, 3.8) is 0 Å². The molecule has 2 rings (SSSR count). The van der Waals surface area contributed by atoms with E-state index in [1.54, 1.807) is 30.3 Å². The maximum atomic E-state index is 12.3. The highest BCUT2D eigenvalue weighted by Crippen LogP contribution is 2.20. The normalized spacial score (nSPS) is 11.3. The molecular formula is C15H15Br2NO2S. The van der Waals surface area contributed by atoms with Crippen molar-refractivity contribution in [2.45, 2.75) is 17.7 Å². The first kappa shape index (κ1) is 16.5. The zero-order chi connectivity index (χ0) is 15.3. The van der Waals surface area contributed by atoms with E-state index in [-0.39, 0.29) is 4.90 Å². The third kappa shape index (κ3) is 4.83.